The number of amides is 1. The number of carbonyl (C=O) groups is 1. The molecule has 0 fully saturated rings. The lowest BCUT2D eigenvalue weighted by Gasteiger charge is -2.21. The van der Waals surface area contributed by atoms with E-state index in [0.29, 0.717) is 6.42 Å². The number of allylic oxidation sites excluding steroid dienone is 1. The summed E-state index contributed by atoms with van der Waals surface area (Å²) in [6, 6.07) is -0.790. The summed E-state index contributed by atoms with van der Waals surface area (Å²) in [5, 5.41) is 33.0. The van der Waals surface area contributed by atoms with E-state index in [1.807, 2.05) is 6.08 Å². The maximum atomic E-state index is 12.4. The van der Waals surface area contributed by atoms with Gasteiger partial charge in [-0.2, -0.15) is 0 Å². The molecule has 0 heterocycles. The molecule has 4 N–H and O–H groups in total. The van der Waals surface area contributed by atoms with Gasteiger partial charge in [0.1, 0.15) is 6.10 Å². The minimum Gasteiger partial charge on any atom is -0.394 e. The summed E-state index contributed by atoms with van der Waals surface area (Å²) in [7, 11) is 0. The highest BCUT2D eigenvalue weighted by molar-refractivity contribution is 5.80. The third-order valence-electron chi connectivity index (χ3n) is 8.88. The molecule has 3 atom stereocenters. The van der Waals surface area contributed by atoms with Gasteiger partial charge in [0.2, 0.25) is 5.91 Å². The Labute approximate surface area is 268 Å². The summed E-state index contributed by atoms with van der Waals surface area (Å²) < 4.78 is 0. The minimum absolute atomic E-state index is 0.360. The van der Waals surface area contributed by atoms with Gasteiger partial charge in [0, 0.05) is 0 Å². The van der Waals surface area contributed by atoms with Crippen LogP contribution in [0.2, 0.25) is 0 Å². The van der Waals surface area contributed by atoms with E-state index in [2.05, 4.69) is 19.2 Å². The zero-order valence-electron chi connectivity index (χ0n) is 28.8. The van der Waals surface area contributed by atoms with E-state index in [-0.39, 0.29) is 6.61 Å². The third-order valence-corrected chi connectivity index (χ3v) is 8.88. The molecule has 0 aliphatic carbocycles. The number of rotatable bonds is 34. The number of aliphatic hydroxyl groups excluding tert-OH is 3. The lowest BCUT2D eigenvalue weighted by Crippen LogP contribution is -2.48. The Morgan fingerprint density at radius 2 is 0.907 bits per heavy atom. The molecule has 5 nitrogen and oxygen atoms in total. The van der Waals surface area contributed by atoms with Crippen molar-refractivity contribution in [3.8, 4) is 0 Å². The lowest BCUT2D eigenvalue weighted by atomic mass is 10.0. The first-order valence-electron chi connectivity index (χ1n) is 19.0. The predicted octanol–water partition coefficient (Wildman–Crippen LogP) is 10.1. The number of carbonyl (C=O) groups excluding carboxylic acids is 1. The Hall–Kier alpha value is -0.910. The highest BCUT2D eigenvalue weighted by atomic mass is 16.3. The number of nitrogens with one attached hydrogen (secondary N) is 1. The molecule has 5 heteroatoms. The Kier molecular flexibility index (Phi) is 33.3. The zero-order chi connectivity index (χ0) is 31.6. The average molecular weight is 610 g/mol. The smallest absolute Gasteiger partial charge is 0.249 e. The molecule has 0 rings (SSSR count). The first kappa shape index (κ1) is 42.1. The van der Waals surface area contributed by atoms with Crippen LogP contribution in [-0.2, 0) is 4.79 Å². The Morgan fingerprint density at radius 1 is 0.558 bits per heavy atom. The van der Waals surface area contributed by atoms with Crippen LogP contribution in [0.1, 0.15) is 200 Å². The van der Waals surface area contributed by atoms with Crippen LogP contribution < -0.4 is 5.32 Å². The number of aliphatic hydroxyl groups is 3. The second-order valence-corrected chi connectivity index (χ2v) is 13.1. The maximum Gasteiger partial charge on any atom is 0.249 e. The summed E-state index contributed by atoms with van der Waals surface area (Å²) in [5.74, 6) is -0.502. The van der Waals surface area contributed by atoms with Gasteiger partial charge < -0.3 is 20.6 Å². The van der Waals surface area contributed by atoms with Gasteiger partial charge in [0.15, 0.2) is 0 Å². The molecule has 0 aromatic heterocycles. The van der Waals surface area contributed by atoms with E-state index < -0.39 is 24.2 Å². The van der Waals surface area contributed by atoms with Crippen molar-refractivity contribution in [1.82, 2.24) is 5.32 Å². The predicted molar refractivity (Wildman–Crippen MR) is 185 cm³/mol. The monoisotopic (exact) mass is 610 g/mol. The topological polar surface area (TPSA) is 89.8 Å². The fourth-order valence-electron chi connectivity index (χ4n) is 5.83. The summed E-state index contributed by atoms with van der Waals surface area (Å²) >= 11 is 0. The first-order valence-corrected chi connectivity index (χ1v) is 19.0. The first-order chi connectivity index (χ1) is 21.1. The van der Waals surface area contributed by atoms with Gasteiger partial charge in [-0.1, -0.05) is 193 Å². The summed E-state index contributed by atoms with van der Waals surface area (Å²) in [4.78, 5) is 12.4. The standard InChI is InChI=1S/C38H75NO4/c1-3-5-7-9-11-13-15-17-18-19-21-23-25-27-29-31-33-37(42)38(43)39-35(34-40)36(41)32-30-28-26-24-22-20-16-14-12-10-8-6-4-2/h30,32,35-37,40-42H,3-29,31,33-34H2,1-2H3,(H,39,43)/b32-30+/t35-,36+,37+/m0/s1. The molecule has 0 saturated carbocycles. The zero-order valence-corrected chi connectivity index (χ0v) is 28.8. The van der Waals surface area contributed by atoms with Crippen LogP contribution in [0.15, 0.2) is 12.2 Å². The van der Waals surface area contributed by atoms with Gasteiger partial charge in [0.05, 0.1) is 18.8 Å². The molecule has 1 amide bonds. The third kappa shape index (κ3) is 29.6. The van der Waals surface area contributed by atoms with E-state index in [0.717, 1.165) is 32.1 Å². The highest BCUT2D eigenvalue weighted by Gasteiger charge is 2.22. The van der Waals surface area contributed by atoms with Crippen molar-refractivity contribution in [2.75, 3.05) is 6.61 Å². The van der Waals surface area contributed by atoms with Crippen molar-refractivity contribution in [1.29, 1.82) is 0 Å². The average Bonchev–Trinajstić information content (AvgIpc) is 3.01. The van der Waals surface area contributed by atoms with Gasteiger partial charge in [-0.05, 0) is 19.3 Å². The molecule has 43 heavy (non-hydrogen) atoms. The Bertz CT molecular complexity index is 596. The quantitative estimate of drug-likeness (QED) is 0.0432. The van der Waals surface area contributed by atoms with Crippen LogP contribution in [0.3, 0.4) is 0 Å². The van der Waals surface area contributed by atoms with Crippen LogP contribution in [0.5, 0.6) is 0 Å². The fraction of sp³-hybridized carbons (Fsp3) is 0.921. The van der Waals surface area contributed by atoms with Crippen molar-refractivity contribution in [2.24, 2.45) is 0 Å². The molecule has 256 valence electrons. The van der Waals surface area contributed by atoms with Crippen LogP contribution in [0.25, 0.3) is 0 Å². The molecule has 0 bridgehead atoms. The fourth-order valence-corrected chi connectivity index (χ4v) is 5.83. The van der Waals surface area contributed by atoms with Gasteiger partial charge in [-0.15, -0.1) is 0 Å². The van der Waals surface area contributed by atoms with E-state index >= 15 is 0 Å². The normalized spacial score (nSPS) is 13.9. The molecule has 0 aromatic carbocycles. The second-order valence-electron chi connectivity index (χ2n) is 13.1. The van der Waals surface area contributed by atoms with Crippen molar-refractivity contribution in [2.45, 2.75) is 218 Å². The van der Waals surface area contributed by atoms with Gasteiger partial charge >= 0.3 is 0 Å². The van der Waals surface area contributed by atoms with Crippen molar-refractivity contribution >= 4 is 5.91 Å². The minimum atomic E-state index is -1.09. The van der Waals surface area contributed by atoms with E-state index in [9.17, 15) is 20.1 Å². The van der Waals surface area contributed by atoms with E-state index in [1.54, 1.807) is 6.08 Å². The van der Waals surface area contributed by atoms with Crippen LogP contribution in [0.4, 0.5) is 0 Å². The molecular weight excluding hydrogens is 534 g/mol. The second kappa shape index (κ2) is 34.0. The molecule has 0 aliphatic heterocycles. The Balaban J connectivity index is 3.70. The van der Waals surface area contributed by atoms with Gasteiger partial charge in [0.25, 0.3) is 0 Å². The van der Waals surface area contributed by atoms with Crippen molar-refractivity contribution in [3.63, 3.8) is 0 Å². The number of hydrogen-bond donors (Lipinski definition) is 4. The maximum absolute atomic E-state index is 12.4. The van der Waals surface area contributed by atoms with Crippen molar-refractivity contribution < 1.29 is 20.1 Å². The van der Waals surface area contributed by atoms with Crippen LogP contribution >= 0.6 is 0 Å². The van der Waals surface area contributed by atoms with E-state index in [4.69, 9.17) is 0 Å². The SMILES string of the molecule is CCCCCCCCCCCCC/C=C/[C@@H](O)[C@H](CO)NC(=O)[C@H](O)CCCCCCCCCCCCCCCCCC. The molecule has 0 radical (unpaired) electrons. The van der Waals surface area contributed by atoms with E-state index in [1.165, 1.54) is 148 Å². The number of hydrogen-bond acceptors (Lipinski definition) is 4. The van der Waals surface area contributed by atoms with Crippen molar-refractivity contribution in [3.05, 3.63) is 12.2 Å². The largest absolute Gasteiger partial charge is 0.394 e. The molecule has 0 unspecified atom stereocenters. The molecular formula is C38H75NO4. The molecule has 0 aliphatic rings. The Morgan fingerprint density at radius 3 is 1.28 bits per heavy atom. The van der Waals surface area contributed by atoms with Crippen LogP contribution in [-0.4, -0.2) is 46.1 Å². The molecule has 0 spiro atoms. The summed E-state index contributed by atoms with van der Waals surface area (Å²) in [5.41, 5.74) is 0. The molecule has 0 saturated heterocycles. The van der Waals surface area contributed by atoms with Gasteiger partial charge in [-0.3, -0.25) is 4.79 Å². The summed E-state index contributed by atoms with van der Waals surface area (Å²) in [6.45, 7) is 4.17. The lowest BCUT2D eigenvalue weighted by molar-refractivity contribution is -0.131. The molecule has 0 aromatic rings. The number of unbranched alkanes of at least 4 members (excludes halogenated alkanes) is 26. The highest BCUT2D eigenvalue weighted by Crippen LogP contribution is 2.15. The van der Waals surface area contributed by atoms with Gasteiger partial charge in [-0.25, -0.2) is 0 Å². The van der Waals surface area contributed by atoms with Crippen LogP contribution in [0, 0.1) is 0 Å². The summed E-state index contributed by atoms with van der Waals surface area (Å²) in [6.07, 6.45) is 37.9.